The topological polar surface area (TPSA) is 24.9 Å². The molecule has 4 aromatic carbocycles. The number of nitrogens with one attached hydrogen (secondary N) is 1. The fraction of sp³-hybridized carbons (Fsp3) is 0.0357. The highest BCUT2D eigenvalue weighted by Gasteiger charge is 2.14. The molecule has 0 aliphatic carbocycles. The number of halogens is 3. The monoisotopic (exact) mass is 456 g/mol. The van der Waals surface area contributed by atoms with Crippen LogP contribution in [-0.2, 0) is 6.42 Å². The van der Waals surface area contributed by atoms with Gasteiger partial charge in [0.15, 0.2) is 0 Å². The van der Waals surface area contributed by atoms with Gasteiger partial charge < -0.3 is 5.32 Å². The van der Waals surface area contributed by atoms with E-state index in [1.807, 2.05) is 66.9 Å². The Hall–Kier alpha value is -3.76. The largest absolute Gasteiger partial charge is 0.355 e. The molecular formula is C28H19ClF2N2. The first-order valence-electron chi connectivity index (χ1n) is 10.5. The first kappa shape index (κ1) is 21.1. The summed E-state index contributed by atoms with van der Waals surface area (Å²) in [5.41, 5.74) is 6.01. The summed E-state index contributed by atoms with van der Waals surface area (Å²) in [6.45, 7) is 0. The number of rotatable bonds is 5. The molecular weight excluding hydrogens is 438 g/mol. The first-order valence-corrected chi connectivity index (χ1v) is 10.9. The number of nitrogens with zero attached hydrogens (tertiary/aromatic N) is 1. The summed E-state index contributed by atoms with van der Waals surface area (Å²) in [5, 5.41) is 4.64. The molecule has 162 valence electrons. The van der Waals surface area contributed by atoms with Crippen LogP contribution in [0.2, 0.25) is 5.02 Å². The second-order valence-electron chi connectivity index (χ2n) is 7.82. The fourth-order valence-corrected chi connectivity index (χ4v) is 4.29. The second-order valence-corrected chi connectivity index (χ2v) is 8.23. The molecule has 0 radical (unpaired) electrons. The van der Waals surface area contributed by atoms with Crippen molar-refractivity contribution in [2.24, 2.45) is 0 Å². The van der Waals surface area contributed by atoms with E-state index in [1.54, 1.807) is 0 Å². The molecule has 2 nitrogen and oxygen atoms in total. The summed E-state index contributed by atoms with van der Waals surface area (Å²) < 4.78 is 27.3. The van der Waals surface area contributed by atoms with E-state index in [4.69, 9.17) is 11.6 Å². The number of benzene rings is 4. The third kappa shape index (κ3) is 4.57. The minimum atomic E-state index is -0.631. The zero-order chi connectivity index (χ0) is 22.8. The molecule has 0 saturated heterocycles. The SMILES string of the molecule is Fc1cc(F)cc(Nc2cccc(-c3c(Cc4ccccc4)cnc4c(Cl)cccc34)c2)c1. The molecule has 0 amide bonds. The van der Waals surface area contributed by atoms with Gasteiger partial charge in [0.25, 0.3) is 0 Å². The third-order valence-corrected chi connectivity index (χ3v) is 5.77. The minimum Gasteiger partial charge on any atom is -0.355 e. The Kier molecular flexibility index (Phi) is 5.76. The molecule has 0 atom stereocenters. The van der Waals surface area contributed by atoms with E-state index in [1.165, 1.54) is 17.7 Å². The van der Waals surface area contributed by atoms with Gasteiger partial charge in [0.05, 0.1) is 10.5 Å². The van der Waals surface area contributed by atoms with Crippen LogP contribution in [0, 0.1) is 11.6 Å². The lowest BCUT2D eigenvalue weighted by Gasteiger charge is -2.15. The van der Waals surface area contributed by atoms with Gasteiger partial charge in [-0.3, -0.25) is 4.98 Å². The fourth-order valence-electron chi connectivity index (χ4n) is 4.06. The van der Waals surface area contributed by atoms with Crippen LogP contribution in [0.5, 0.6) is 0 Å². The predicted molar refractivity (Wildman–Crippen MR) is 131 cm³/mol. The molecule has 1 heterocycles. The summed E-state index contributed by atoms with van der Waals surface area (Å²) in [7, 11) is 0. The highest BCUT2D eigenvalue weighted by molar-refractivity contribution is 6.35. The third-order valence-electron chi connectivity index (χ3n) is 5.47. The lowest BCUT2D eigenvalue weighted by Crippen LogP contribution is -1.97. The Labute approximate surface area is 195 Å². The van der Waals surface area contributed by atoms with Crippen molar-refractivity contribution in [3.05, 3.63) is 125 Å². The van der Waals surface area contributed by atoms with Gasteiger partial charge in [-0.25, -0.2) is 8.78 Å². The number of pyridine rings is 1. The summed E-state index contributed by atoms with van der Waals surface area (Å²) in [6, 6.07) is 27.1. The van der Waals surface area contributed by atoms with Crippen molar-refractivity contribution >= 4 is 33.9 Å². The zero-order valence-corrected chi connectivity index (χ0v) is 18.3. The van der Waals surface area contributed by atoms with Gasteiger partial charge in [0.2, 0.25) is 0 Å². The molecule has 0 fully saturated rings. The number of aromatic nitrogens is 1. The van der Waals surface area contributed by atoms with Crippen molar-refractivity contribution in [1.82, 2.24) is 4.98 Å². The predicted octanol–water partition coefficient (Wildman–Crippen LogP) is 8.17. The highest BCUT2D eigenvalue weighted by atomic mass is 35.5. The summed E-state index contributed by atoms with van der Waals surface area (Å²) in [5.74, 6) is -1.26. The lowest BCUT2D eigenvalue weighted by molar-refractivity contribution is 0.584. The molecule has 0 bridgehead atoms. The molecule has 0 aliphatic heterocycles. The van der Waals surface area contributed by atoms with E-state index in [2.05, 4.69) is 22.4 Å². The summed E-state index contributed by atoms with van der Waals surface area (Å²) in [6.07, 6.45) is 2.58. The van der Waals surface area contributed by atoms with Crippen LogP contribution in [0.4, 0.5) is 20.2 Å². The maximum atomic E-state index is 13.6. The molecule has 0 saturated carbocycles. The molecule has 0 unspecified atom stereocenters. The number of anilines is 2. The van der Waals surface area contributed by atoms with Gasteiger partial charge in [-0.2, -0.15) is 0 Å². The number of fused-ring (bicyclic) bond motifs is 1. The van der Waals surface area contributed by atoms with Crippen LogP contribution in [0.1, 0.15) is 11.1 Å². The van der Waals surface area contributed by atoms with Gasteiger partial charge in [-0.15, -0.1) is 0 Å². The average Bonchev–Trinajstić information content (AvgIpc) is 2.79. The van der Waals surface area contributed by atoms with E-state index in [0.717, 1.165) is 39.3 Å². The van der Waals surface area contributed by atoms with Crippen LogP contribution in [0.25, 0.3) is 22.0 Å². The van der Waals surface area contributed by atoms with Crippen LogP contribution < -0.4 is 5.32 Å². The maximum absolute atomic E-state index is 13.6. The van der Waals surface area contributed by atoms with Crippen LogP contribution >= 0.6 is 11.6 Å². The average molecular weight is 457 g/mol. The van der Waals surface area contributed by atoms with Crippen molar-refractivity contribution in [1.29, 1.82) is 0 Å². The van der Waals surface area contributed by atoms with Gasteiger partial charge in [-0.1, -0.05) is 66.2 Å². The van der Waals surface area contributed by atoms with Crippen molar-refractivity contribution in [3.63, 3.8) is 0 Å². The van der Waals surface area contributed by atoms with Gasteiger partial charge in [0, 0.05) is 29.0 Å². The quantitative estimate of drug-likeness (QED) is 0.288. The Morgan fingerprint density at radius 2 is 1.52 bits per heavy atom. The number of hydrogen-bond donors (Lipinski definition) is 1. The molecule has 5 heteroatoms. The Morgan fingerprint density at radius 1 is 0.758 bits per heavy atom. The first-order chi connectivity index (χ1) is 16.1. The molecule has 0 aliphatic rings. The van der Waals surface area contributed by atoms with E-state index in [9.17, 15) is 8.78 Å². The Bertz CT molecular complexity index is 1430. The van der Waals surface area contributed by atoms with Crippen LogP contribution in [0.15, 0.2) is 97.2 Å². The molecule has 0 spiro atoms. The smallest absolute Gasteiger partial charge is 0.128 e. The van der Waals surface area contributed by atoms with Crippen molar-refractivity contribution in [3.8, 4) is 11.1 Å². The van der Waals surface area contributed by atoms with E-state index in [0.29, 0.717) is 17.1 Å². The van der Waals surface area contributed by atoms with E-state index >= 15 is 0 Å². The van der Waals surface area contributed by atoms with E-state index in [-0.39, 0.29) is 0 Å². The zero-order valence-electron chi connectivity index (χ0n) is 17.5. The standard InChI is InChI=1S/C28H19ClF2N2/c29-26-11-5-10-25-27(20(17-32-28(25)26)12-18-6-2-1-3-7-18)19-8-4-9-23(13-19)33-24-15-21(30)14-22(31)16-24/h1-11,13-17,33H,12H2. The van der Waals surface area contributed by atoms with Crippen molar-refractivity contribution in [2.75, 3.05) is 5.32 Å². The Balaban J connectivity index is 1.63. The second kappa shape index (κ2) is 9.00. The molecule has 5 aromatic rings. The molecule has 1 N–H and O–H groups in total. The van der Waals surface area contributed by atoms with Crippen molar-refractivity contribution in [2.45, 2.75) is 6.42 Å². The van der Waals surface area contributed by atoms with Crippen LogP contribution in [-0.4, -0.2) is 4.98 Å². The van der Waals surface area contributed by atoms with E-state index < -0.39 is 11.6 Å². The number of hydrogen-bond acceptors (Lipinski definition) is 2. The minimum absolute atomic E-state index is 0.344. The normalized spacial score (nSPS) is 11.0. The lowest BCUT2D eigenvalue weighted by atomic mass is 9.92. The molecule has 1 aromatic heterocycles. The van der Waals surface area contributed by atoms with Crippen LogP contribution in [0.3, 0.4) is 0 Å². The van der Waals surface area contributed by atoms with Gasteiger partial charge in [0.1, 0.15) is 11.6 Å². The summed E-state index contributed by atoms with van der Waals surface area (Å²) in [4.78, 5) is 4.64. The molecule has 5 rings (SSSR count). The molecule has 33 heavy (non-hydrogen) atoms. The van der Waals surface area contributed by atoms with Gasteiger partial charge >= 0.3 is 0 Å². The Morgan fingerprint density at radius 3 is 2.30 bits per heavy atom. The summed E-state index contributed by atoms with van der Waals surface area (Å²) >= 11 is 6.45. The van der Waals surface area contributed by atoms with Gasteiger partial charge in [-0.05, 0) is 59.0 Å². The maximum Gasteiger partial charge on any atom is 0.128 e. The van der Waals surface area contributed by atoms with Crippen molar-refractivity contribution < 1.29 is 8.78 Å². The number of para-hydroxylation sites is 1. The highest BCUT2D eigenvalue weighted by Crippen LogP contribution is 2.36.